The van der Waals surface area contributed by atoms with Crippen molar-refractivity contribution >= 4 is 11.9 Å². The summed E-state index contributed by atoms with van der Waals surface area (Å²) in [6, 6.07) is 12.3. The van der Waals surface area contributed by atoms with Gasteiger partial charge in [-0.3, -0.25) is 4.79 Å². The van der Waals surface area contributed by atoms with Crippen LogP contribution in [-0.4, -0.2) is 36.3 Å². The van der Waals surface area contributed by atoms with E-state index in [9.17, 15) is 22.8 Å². The number of ether oxygens (including phenoxy) is 1. The molecular formula is C19H18F3NO4. The zero-order valence-electron chi connectivity index (χ0n) is 14.3. The standard InChI is InChI=1S/C19H18F3NO4/c20-19(21,22)12-27-16-3-1-2-14(10-16)11-17(24)23-9-8-13-4-6-15(7-5-13)18(25)26/h1-7,10H,8-9,11-12H2,(H,23,24)(H,25,26). The molecule has 0 aromatic heterocycles. The van der Waals surface area contributed by atoms with Crippen LogP contribution >= 0.6 is 0 Å². The molecular weight excluding hydrogens is 363 g/mol. The summed E-state index contributed by atoms with van der Waals surface area (Å²) in [5.41, 5.74) is 1.61. The average molecular weight is 381 g/mol. The molecule has 2 aromatic carbocycles. The van der Waals surface area contributed by atoms with Gasteiger partial charge in [0.2, 0.25) is 5.91 Å². The highest BCUT2D eigenvalue weighted by Crippen LogP contribution is 2.19. The van der Waals surface area contributed by atoms with Crippen molar-refractivity contribution in [3.05, 3.63) is 65.2 Å². The fourth-order valence-electron chi connectivity index (χ4n) is 2.32. The molecule has 2 rings (SSSR count). The van der Waals surface area contributed by atoms with Crippen molar-refractivity contribution in [2.24, 2.45) is 0 Å². The summed E-state index contributed by atoms with van der Waals surface area (Å²) in [6.45, 7) is -1.03. The molecule has 0 fully saturated rings. The molecule has 2 aromatic rings. The Morgan fingerprint density at radius 1 is 1.04 bits per heavy atom. The van der Waals surface area contributed by atoms with Crippen molar-refractivity contribution in [2.75, 3.05) is 13.2 Å². The zero-order valence-corrected chi connectivity index (χ0v) is 14.3. The van der Waals surface area contributed by atoms with Crippen LogP contribution in [0, 0.1) is 0 Å². The molecule has 0 aliphatic rings. The molecule has 0 aliphatic carbocycles. The molecule has 0 heterocycles. The number of rotatable bonds is 8. The number of aromatic carboxylic acids is 1. The Morgan fingerprint density at radius 2 is 1.74 bits per heavy atom. The van der Waals surface area contributed by atoms with Crippen LogP contribution in [0.3, 0.4) is 0 Å². The lowest BCUT2D eigenvalue weighted by molar-refractivity contribution is -0.153. The summed E-state index contributed by atoms with van der Waals surface area (Å²) in [4.78, 5) is 22.7. The average Bonchev–Trinajstić information content (AvgIpc) is 2.60. The molecule has 1 amide bonds. The van der Waals surface area contributed by atoms with Crippen LogP contribution in [0.25, 0.3) is 0 Å². The Balaban J connectivity index is 1.79. The van der Waals surface area contributed by atoms with Crippen LogP contribution < -0.4 is 10.1 Å². The third kappa shape index (κ3) is 7.39. The summed E-state index contributed by atoms with van der Waals surface area (Å²) in [7, 11) is 0. The number of carbonyl (C=O) groups excluding carboxylic acids is 1. The molecule has 0 spiro atoms. The van der Waals surface area contributed by atoms with Gasteiger partial charge in [-0.25, -0.2) is 4.79 Å². The van der Waals surface area contributed by atoms with E-state index in [1.165, 1.54) is 30.3 Å². The van der Waals surface area contributed by atoms with Gasteiger partial charge in [-0.05, 0) is 41.8 Å². The van der Waals surface area contributed by atoms with Crippen molar-refractivity contribution in [3.63, 3.8) is 0 Å². The number of halogens is 3. The number of carbonyl (C=O) groups is 2. The van der Waals surface area contributed by atoms with E-state index in [0.29, 0.717) is 18.5 Å². The van der Waals surface area contributed by atoms with Gasteiger partial charge in [0.05, 0.1) is 12.0 Å². The first-order valence-electron chi connectivity index (χ1n) is 8.10. The minimum Gasteiger partial charge on any atom is -0.484 e. The van der Waals surface area contributed by atoms with Crippen LogP contribution in [0.4, 0.5) is 13.2 Å². The van der Waals surface area contributed by atoms with Crippen LogP contribution in [0.1, 0.15) is 21.5 Å². The predicted molar refractivity (Wildman–Crippen MR) is 91.8 cm³/mol. The van der Waals surface area contributed by atoms with E-state index < -0.39 is 18.8 Å². The maximum atomic E-state index is 12.2. The van der Waals surface area contributed by atoms with E-state index in [0.717, 1.165) is 5.56 Å². The normalized spacial score (nSPS) is 11.1. The lowest BCUT2D eigenvalue weighted by atomic mass is 10.1. The lowest BCUT2D eigenvalue weighted by Gasteiger charge is -2.10. The number of hydrogen-bond acceptors (Lipinski definition) is 3. The lowest BCUT2D eigenvalue weighted by Crippen LogP contribution is -2.27. The van der Waals surface area contributed by atoms with Crippen molar-refractivity contribution < 1.29 is 32.6 Å². The van der Waals surface area contributed by atoms with Crippen LogP contribution in [0.5, 0.6) is 5.75 Å². The first kappa shape index (κ1) is 20.3. The van der Waals surface area contributed by atoms with E-state index in [4.69, 9.17) is 5.11 Å². The summed E-state index contributed by atoms with van der Waals surface area (Å²) < 4.78 is 41.2. The Hall–Kier alpha value is -3.03. The summed E-state index contributed by atoms with van der Waals surface area (Å²) in [5, 5.41) is 11.6. The Labute approximate surface area is 153 Å². The van der Waals surface area contributed by atoms with Gasteiger partial charge in [-0.2, -0.15) is 13.2 Å². The van der Waals surface area contributed by atoms with E-state index in [-0.39, 0.29) is 23.6 Å². The molecule has 144 valence electrons. The van der Waals surface area contributed by atoms with E-state index >= 15 is 0 Å². The third-order valence-corrected chi connectivity index (χ3v) is 3.60. The van der Waals surface area contributed by atoms with E-state index in [2.05, 4.69) is 10.1 Å². The second-order valence-electron chi connectivity index (χ2n) is 5.83. The van der Waals surface area contributed by atoms with Gasteiger partial charge in [0.25, 0.3) is 0 Å². The summed E-state index contributed by atoms with van der Waals surface area (Å²) in [6.07, 6.45) is -3.88. The zero-order chi connectivity index (χ0) is 19.9. The molecule has 0 atom stereocenters. The van der Waals surface area contributed by atoms with Crippen LogP contribution in [0.2, 0.25) is 0 Å². The van der Waals surface area contributed by atoms with Crippen molar-refractivity contribution in [1.82, 2.24) is 5.32 Å². The Kier molecular flexibility index (Phi) is 6.81. The maximum absolute atomic E-state index is 12.2. The molecule has 0 bridgehead atoms. The molecule has 0 radical (unpaired) electrons. The number of amides is 1. The number of benzene rings is 2. The minimum atomic E-state index is -4.42. The molecule has 2 N–H and O–H groups in total. The highest BCUT2D eigenvalue weighted by Gasteiger charge is 2.28. The quantitative estimate of drug-likeness (QED) is 0.736. The van der Waals surface area contributed by atoms with Crippen LogP contribution in [-0.2, 0) is 17.6 Å². The largest absolute Gasteiger partial charge is 0.484 e. The van der Waals surface area contributed by atoms with Crippen molar-refractivity contribution in [2.45, 2.75) is 19.0 Å². The molecule has 0 saturated carbocycles. The number of carboxylic acids is 1. The highest BCUT2D eigenvalue weighted by molar-refractivity contribution is 5.87. The van der Waals surface area contributed by atoms with Gasteiger partial charge in [0, 0.05) is 6.54 Å². The van der Waals surface area contributed by atoms with Gasteiger partial charge in [0.1, 0.15) is 5.75 Å². The minimum absolute atomic E-state index is 0.0150. The van der Waals surface area contributed by atoms with Gasteiger partial charge in [-0.1, -0.05) is 24.3 Å². The predicted octanol–water partition coefficient (Wildman–Crippen LogP) is 3.23. The van der Waals surface area contributed by atoms with E-state index in [1.54, 1.807) is 18.2 Å². The second kappa shape index (κ2) is 9.07. The Bertz CT molecular complexity index is 788. The molecule has 0 unspecified atom stereocenters. The second-order valence-corrected chi connectivity index (χ2v) is 5.83. The monoisotopic (exact) mass is 381 g/mol. The smallest absolute Gasteiger partial charge is 0.422 e. The highest BCUT2D eigenvalue weighted by atomic mass is 19.4. The SMILES string of the molecule is O=C(Cc1cccc(OCC(F)(F)F)c1)NCCc1ccc(C(=O)O)cc1. The molecule has 0 aliphatic heterocycles. The number of hydrogen-bond donors (Lipinski definition) is 2. The number of carboxylic acid groups (broad SMARTS) is 1. The van der Waals surface area contributed by atoms with Gasteiger partial charge >= 0.3 is 12.1 Å². The third-order valence-electron chi connectivity index (χ3n) is 3.60. The topological polar surface area (TPSA) is 75.6 Å². The van der Waals surface area contributed by atoms with E-state index in [1.807, 2.05) is 0 Å². The Morgan fingerprint density at radius 3 is 2.37 bits per heavy atom. The van der Waals surface area contributed by atoms with Crippen molar-refractivity contribution in [3.8, 4) is 5.75 Å². The maximum Gasteiger partial charge on any atom is 0.422 e. The fraction of sp³-hybridized carbons (Fsp3) is 0.263. The van der Waals surface area contributed by atoms with Gasteiger partial charge in [0.15, 0.2) is 6.61 Å². The molecule has 5 nitrogen and oxygen atoms in total. The fourth-order valence-corrected chi connectivity index (χ4v) is 2.32. The number of nitrogens with one attached hydrogen (secondary N) is 1. The first-order chi connectivity index (χ1) is 12.7. The molecule has 0 saturated heterocycles. The van der Waals surface area contributed by atoms with Gasteiger partial charge in [-0.15, -0.1) is 0 Å². The van der Waals surface area contributed by atoms with Crippen LogP contribution in [0.15, 0.2) is 48.5 Å². The summed E-state index contributed by atoms with van der Waals surface area (Å²) >= 11 is 0. The van der Waals surface area contributed by atoms with Gasteiger partial charge < -0.3 is 15.2 Å². The molecule has 8 heteroatoms. The first-order valence-corrected chi connectivity index (χ1v) is 8.10. The number of alkyl halides is 3. The molecule has 27 heavy (non-hydrogen) atoms. The summed E-state index contributed by atoms with van der Waals surface area (Å²) in [5.74, 6) is -1.22. The van der Waals surface area contributed by atoms with Crippen molar-refractivity contribution in [1.29, 1.82) is 0 Å².